The van der Waals surface area contributed by atoms with Crippen molar-refractivity contribution in [2.75, 3.05) is 6.61 Å². The van der Waals surface area contributed by atoms with E-state index < -0.39 is 18.2 Å². The molecule has 0 radical (unpaired) electrons. The summed E-state index contributed by atoms with van der Waals surface area (Å²) in [5.41, 5.74) is 0. The van der Waals surface area contributed by atoms with E-state index in [4.69, 9.17) is 4.74 Å². The Bertz CT molecular complexity index is 863. The van der Waals surface area contributed by atoms with E-state index in [2.05, 4.69) is 38.2 Å². The maximum absolute atomic E-state index is 13.2. The smallest absolute Gasteiger partial charge is 0.306 e. The monoisotopic (exact) mass is 806 g/mol. The van der Waals surface area contributed by atoms with Crippen LogP contribution in [-0.2, 0) is 14.3 Å². The predicted molar refractivity (Wildman–Crippen MR) is 246 cm³/mol. The lowest BCUT2D eigenvalue weighted by molar-refractivity contribution is -0.151. The Morgan fingerprint density at radius 3 is 1.30 bits per heavy atom. The number of nitrogens with one attached hydrogen (secondary N) is 1. The summed E-state index contributed by atoms with van der Waals surface area (Å²) in [4.78, 5) is 26.1. The molecule has 0 bridgehead atoms. The zero-order chi connectivity index (χ0) is 41.7. The van der Waals surface area contributed by atoms with Gasteiger partial charge < -0.3 is 20.3 Å². The van der Waals surface area contributed by atoms with E-state index in [1.54, 1.807) is 0 Å². The summed E-state index contributed by atoms with van der Waals surface area (Å²) in [6, 6.07) is -0.695. The molecular weight excluding hydrogens is 707 g/mol. The molecule has 0 spiro atoms. The lowest BCUT2D eigenvalue weighted by Gasteiger charge is -2.24. The van der Waals surface area contributed by atoms with E-state index in [0.717, 1.165) is 51.4 Å². The van der Waals surface area contributed by atoms with Crippen LogP contribution in [0.5, 0.6) is 0 Å². The molecule has 0 heterocycles. The van der Waals surface area contributed by atoms with Gasteiger partial charge in [0.25, 0.3) is 0 Å². The molecule has 0 fully saturated rings. The van der Waals surface area contributed by atoms with Crippen LogP contribution in [0.15, 0.2) is 12.2 Å². The van der Waals surface area contributed by atoms with E-state index in [-0.39, 0.29) is 24.9 Å². The fraction of sp³-hybridized carbons (Fsp3) is 0.922. The highest BCUT2D eigenvalue weighted by Gasteiger charge is 2.24. The van der Waals surface area contributed by atoms with Crippen LogP contribution >= 0.6 is 0 Å². The third-order valence-electron chi connectivity index (χ3n) is 11.8. The van der Waals surface area contributed by atoms with E-state index in [9.17, 15) is 19.8 Å². The molecule has 0 saturated carbocycles. The minimum Gasteiger partial charge on any atom is -0.462 e. The average Bonchev–Trinajstić information content (AvgIpc) is 3.20. The first-order valence-electron chi connectivity index (χ1n) is 25.4. The molecule has 6 nitrogen and oxygen atoms in total. The molecule has 3 N–H and O–H groups in total. The quantitative estimate of drug-likeness (QED) is 0.0323. The molecule has 0 aliphatic rings. The van der Waals surface area contributed by atoms with Crippen LogP contribution in [-0.4, -0.2) is 46.9 Å². The second-order valence-electron chi connectivity index (χ2n) is 17.6. The number of allylic oxidation sites excluding steroid dienone is 2. The minimum atomic E-state index is -0.782. The van der Waals surface area contributed by atoms with Crippen LogP contribution in [0.25, 0.3) is 0 Å². The standard InChI is InChI=1S/C51H99NO5/c1-4-7-10-13-16-19-22-24-26-29-31-34-37-40-43-49(54)48(46-53)52-50(55)45-47(42-39-36-33-30-28-25-23-20-17-14-11-8-5-2)57-51(56)44-41-38-35-32-27-21-18-15-12-9-6-3/h15,18,47-49,53-54H,4-14,16-17,19-46H2,1-3H3,(H,52,55)/b18-15-. The molecular formula is C51H99NO5. The molecule has 0 aliphatic carbocycles. The van der Waals surface area contributed by atoms with E-state index in [1.807, 2.05) is 0 Å². The molecule has 3 atom stereocenters. The average molecular weight is 806 g/mol. The maximum Gasteiger partial charge on any atom is 0.306 e. The third kappa shape index (κ3) is 41.1. The predicted octanol–water partition coefficient (Wildman–Crippen LogP) is 15.0. The van der Waals surface area contributed by atoms with Crippen molar-refractivity contribution in [2.24, 2.45) is 0 Å². The van der Waals surface area contributed by atoms with Gasteiger partial charge in [-0.2, -0.15) is 0 Å². The van der Waals surface area contributed by atoms with Gasteiger partial charge in [0.2, 0.25) is 5.91 Å². The summed E-state index contributed by atoms with van der Waals surface area (Å²) in [5.74, 6) is -0.469. The van der Waals surface area contributed by atoms with Gasteiger partial charge in [0.1, 0.15) is 6.10 Å². The van der Waals surface area contributed by atoms with Crippen molar-refractivity contribution in [3.8, 4) is 0 Å². The van der Waals surface area contributed by atoms with Crippen LogP contribution in [0.4, 0.5) is 0 Å². The van der Waals surface area contributed by atoms with Crippen molar-refractivity contribution in [3.63, 3.8) is 0 Å². The number of esters is 1. The minimum absolute atomic E-state index is 0.0812. The highest BCUT2D eigenvalue weighted by atomic mass is 16.5. The molecule has 0 aromatic rings. The van der Waals surface area contributed by atoms with Gasteiger partial charge in [0.15, 0.2) is 0 Å². The Morgan fingerprint density at radius 2 is 0.860 bits per heavy atom. The Hall–Kier alpha value is -1.40. The van der Waals surface area contributed by atoms with Crippen LogP contribution in [0.2, 0.25) is 0 Å². The first kappa shape index (κ1) is 55.6. The van der Waals surface area contributed by atoms with Gasteiger partial charge in [-0.25, -0.2) is 0 Å². The molecule has 0 rings (SSSR count). The van der Waals surface area contributed by atoms with Crippen molar-refractivity contribution >= 4 is 11.9 Å². The summed E-state index contributed by atoms with van der Waals surface area (Å²) in [5, 5.41) is 23.8. The third-order valence-corrected chi connectivity index (χ3v) is 11.8. The molecule has 57 heavy (non-hydrogen) atoms. The molecule has 0 aromatic carbocycles. The Morgan fingerprint density at radius 1 is 0.491 bits per heavy atom. The number of hydrogen-bond donors (Lipinski definition) is 3. The number of unbranched alkanes of at least 4 members (excludes halogenated alkanes) is 32. The van der Waals surface area contributed by atoms with Gasteiger partial charge in [0.05, 0.1) is 25.2 Å². The fourth-order valence-corrected chi connectivity index (χ4v) is 7.94. The lowest BCUT2D eigenvalue weighted by atomic mass is 10.0. The molecule has 338 valence electrons. The van der Waals surface area contributed by atoms with Gasteiger partial charge in [-0.3, -0.25) is 9.59 Å². The summed E-state index contributed by atoms with van der Waals surface area (Å²) in [7, 11) is 0. The van der Waals surface area contributed by atoms with Crippen molar-refractivity contribution in [1.82, 2.24) is 5.32 Å². The summed E-state index contributed by atoms with van der Waals surface area (Å²) < 4.78 is 5.92. The lowest BCUT2D eigenvalue weighted by Crippen LogP contribution is -2.46. The molecule has 0 saturated heterocycles. The highest BCUT2D eigenvalue weighted by molar-refractivity contribution is 5.77. The van der Waals surface area contributed by atoms with Crippen LogP contribution in [0.3, 0.4) is 0 Å². The van der Waals surface area contributed by atoms with Crippen molar-refractivity contribution in [2.45, 2.75) is 296 Å². The van der Waals surface area contributed by atoms with E-state index in [0.29, 0.717) is 19.3 Å². The second kappa shape index (κ2) is 45.7. The van der Waals surface area contributed by atoms with Crippen molar-refractivity contribution < 1.29 is 24.5 Å². The Labute approximate surface area is 355 Å². The number of rotatable bonds is 46. The number of amides is 1. The first-order chi connectivity index (χ1) is 28.0. The largest absolute Gasteiger partial charge is 0.462 e. The zero-order valence-corrected chi connectivity index (χ0v) is 38.5. The van der Waals surface area contributed by atoms with Gasteiger partial charge >= 0.3 is 5.97 Å². The van der Waals surface area contributed by atoms with Gasteiger partial charge in [-0.05, 0) is 44.9 Å². The van der Waals surface area contributed by atoms with Gasteiger partial charge in [-0.1, -0.05) is 232 Å². The number of hydrogen-bond acceptors (Lipinski definition) is 5. The van der Waals surface area contributed by atoms with Crippen LogP contribution < -0.4 is 5.32 Å². The topological polar surface area (TPSA) is 95.9 Å². The Balaban J connectivity index is 4.52. The van der Waals surface area contributed by atoms with Gasteiger partial charge in [0, 0.05) is 6.42 Å². The molecule has 1 amide bonds. The highest BCUT2D eigenvalue weighted by Crippen LogP contribution is 2.18. The van der Waals surface area contributed by atoms with Crippen LogP contribution in [0, 0.1) is 0 Å². The summed E-state index contributed by atoms with van der Waals surface area (Å²) >= 11 is 0. The molecule has 0 aromatic heterocycles. The zero-order valence-electron chi connectivity index (χ0n) is 38.5. The molecule has 6 heteroatoms. The number of ether oxygens (including phenoxy) is 1. The van der Waals surface area contributed by atoms with Gasteiger partial charge in [-0.15, -0.1) is 0 Å². The van der Waals surface area contributed by atoms with E-state index in [1.165, 1.54) is 180 Å². The van der Waals surface area contributed by atoms with Crippen molar-refractivity contribution in [1.29, 1.82) is 0 Å². The number of aliphatic hydroxyl groups excluding tert-OH is 2. The van der Waals surface area contributed by atoms with Crippen molar-refractivity contribution in [3.05, 3.63) is 12.2 Å². The normalized spacial score (nSPS) is 13.3. The molecule has 0 aliphatic heterocycles. The van der Waals surface area contributed by atoms with Crippen LogP contribution in [0.1, 0.15) is 278 Å². The summed E-state index contributed by atoms with van der Waals surface area (Å²) in [6.07, 6.45) is 49.8. The Kier molecular flexibility index (Phi) is 44.6. The number of carbonyl (C=O) groups is 2. The summed E-state index contributed by atoms with van der Waals surface area (Å²) in [6.45, 7) is 6.46. The number of aliphatic hydroxyl groups is 2. The van der Waals surface area contributed by atoms with E-state index >= 15 is 0 Å². The molecule has 3 unspecified atom stereocenters. The maximum atomic E-state index is 13.2. The fourth-order valence-electron chi connectivity index (χ4n) is 7.94. The SMILES string of the molecule is CCCC/C=C\CCCCCCCC(=O)OC(CCCCCCCCCCCCCCC)CC(=O)NC(CO)C(O)CCCCCCCCCCCCCCCC. The number of carbonyl (C=O) groups excluding carboxylic acids is 2. The second-order valence-corrected chi connectivity index (χ2v) is 17.6. The first-order valence-corrected chi connectivity index (χ1v) is 25.4.